The monoisotopic (exact) mass is 229 g/mol. The summed E-state index contributed by atoms with van der Waals surface area (Å²) in [6, 6.07) is 7.87. The van der Waals surface area contributed by atoms with Gasteiger partial charge in [-0.2, -0.15) is 11.8 Å². The van der Waals surface area contributed by atoms with Gasteiger partial charge in [-0.3, -0.25) is 0 Å². The molecular weight excluding hydrogens is 214 g/mol. The van der Waals surface area contributed by atoms with Crippen LogP contribution in [0.4, 0.5) is 0 Å². The van der Waals surface area contributed by atoms with Crippen molar-refractivity contribution in [1.82, 2.24) is 0 Å². The van der Waals surface area contributed by atoms with Crippen molar-refractivity contribution in [2.24, 2.45) is 5.73 Å². The number of hydrogen-bond donors (Lipinski definition) is 1. The zero-order valence-electron chi connectivity index (χ0n) is 8.53. The molecule has 0 fully saturated rings. The van der Waals surface area contributed by atoms with Crippen molar-refractivity contribution >= 4 is 23.4 Å². The molecule has 1 aromatic rings. The van der Waals surface area contributed by atoms with Gasteiger partial charge in [-0.1, -0.05) is 37.6 Å². The van der Waals surface area contributed by atoms with Crippen LogP contribution >= 0.6 is 23.4 Å². The fraction of sp³-hybridized carbons (Fsp3) is 0.455. The molecule has 0 radical (unpaired) electrons. The normalized spacial score (nSPS) is 13.2. The first-order valence-electron chi connectivity index (χ1n) is 4.72. The molecule has 1 rings (SSSR count). The SMILES string of the molecule is CC(C)SCC(N)c1ccc(Cl)cc1. The van der Waals surface area contributed by atoms with Crippen LogP contribution in [0.2, 0.25) is 5.02 Å². The summed E-state index contributed by atoms with van der Waals surface area (Å²) in [6.07, 6.45) is 0. The van der Waals surface area contributed by atoms with Gasteiger partial charge in [0.2, 0.25) is 0 Å². The van der Waals surface area contributed by atoms with Crippen molar-refractivity contribution in [3.8, 4) is 0 Å². The number of rotatable bonds is 4. The average molecular weight is 230 g/mol. The van der Waals surface area contributed by atoms with Crippen molar-refractivity contribution in [3.63, 3.8) is 0 Å². The molecule has 0 aliphatic carbocycles. The first kappa shape index (κ1) is 11.9. The van der Waals surface area contributed by atoms with E-state index in [1.807, 2.05) is 36.0 Å². The van der Waals surface area contributed by atoms with E-state index in [0.717, 1.165) is 16.3 Å². The Bertz CT molecular complexity index is 271. The third-order valence-electron chi connectivity index (χ3n) is 1.91. The zero-order valence-corrected chi connectivity index (χ0v) is 10.1. The molecule has 3 heteroatoms. The highest BCUT2D eigenvalue weighted by molar-refractivity contribution is 7.99. The summed E-state index contributed by atoms with van der Waals surface area (Å²) in [4.78, 5) is 0. The van der Waals surface area contributed by atoms with Gasteiger partial charge in [-0.05, 0) is 22.9 Å². The van der Waals surface area contributed by atoms with Crippen LogP contribution in [0.15, 0.2) is 24.3 Å². The molecule has 78 valence electrons. The van der Waals surface area contributed by atoms with E-state index in [9.17, 15) is 0 Å². The second-order valence-corrected chi connectivity index (χ2v) is 5.59. The molecule has 0 saturated carbocycles. The summed E-state index contributed by atoms with van der Waals surface area (Å²) in [5, 5.41) is 1.39. The Balaban J connectivity index is 2.52. The van der Waals surface area contributed by atoms with Gasteiger partial charge in [-0.15, -0.1) is 0 Å². The summed E-state index contributed by atoms with van der Waals surface area (Å²) < 4.78 is 0. The van der Waals surface area contributed by atoms with Gasteiger partial charge < -0.3 is 5.73 Å². The Morgan fingerprint density at radius 3 is 2.36 bits per heavy atom. The molecule has 1 nitrogen and oxygen atoms in total. The van der Waals surface area contributed by atoms with Crippen LogP contribution in [0, 0.1) is 0 Å². The highest BCUT2D eigenvalue weighted by Gasteiger charge is 2.06. The molecule has 1 aromatic carbocycles. The van der Waals surface area contributed by atoms with E-state index in [1.165, 1.54) is 0 Å². The molecule has 0 aliphatic heterocycles. The second kappa shape index (κ2) is 5.64. The van der Waals surface area contributed by atoms with Crippen molar-refractivity contribution in [1.29, 1.82) is 0 Å². The van der Waals surface area contributed by atoms with Crippen LogP contribution in [0.1, 0.15) is 25.5 Å². The van der Waals surface area contributed by atoms with Gasteiger partial charge in [0.15, 0.2) is 0 Å². The van der Waals surface area contributed by atoms with Gasteiger partial charge >= 0.3 is 0 Å². The summed E-state index contributed by atoms with van der Waals surface area (Å²) in [5.74, 6) is 0.958. The van der Waals surface area contributed by atoms with Crippen LogP contribution in [0.5, 0.6) is 0 Å². The highest BCUT2D eigenvalue weighted by atomic mass is 35.5. The van der Waals surface area contributed by atoms with Crippen molar-refractivity contribution in [2.75, 3.05) is 5.75 Å². The van der Waals surface area contributed by atoms with Crippen LogP contribution in [-0.4, -0.2) is 11.0 Å². The fourth-order valence-electron chi connectivity index (χ4n) is 1.10. The maximum absolute atomic E-state index is 6.03. The minimum Gasteiger partial charge on any atom is -0.323 e. The molecular formula is C11H16ClNS. The Morgan fingerprint density at radius 2 is 1.86 bits per heavy atom. The smallest absolute Gasteiger partial charge is 0.0406 e. The molecule has 2 N–H and O–H groups in total. The van der Waals surface area contributed by atoms with Crippen LogP contribution in [0.3, 0.4) is 0 Å². The molecule has 0 aromatic heterocycles. The first-order valence-corrected chi connectivity index (χ1v) is 6.15. The lowest BCUT2D eigenvalue weighted by molar-refractivity contribution is 0.828. The molecule has 14 heavy (non-hydrogen) atoms. The zero-order chi connectivity index (χ0) is 10.6. The van der Waals surface area contributed by atoms with E-state index in [2.05, 4.69) is 13.8 Å². The molecule has 0 aliphatic rings. The van der Waals surface area contributed by atoms with E-state index < -0.39 is 0 Å². The summed E-state index contributed by atoms with van der Waals surface area (Å²) in [7, 11) is 0. The third kappa shape index (κ3) is 3.91. The Labute approximate surface area is 95.0 Å². The number of thioether (sulfide) groups is 1. The van der Waals surface area contributed by atoms with E-state index in [1.54, 1.807) is 0 Å². The minimum atomic E-state index is 0.111. The fourth-order valence-corrected chi connectivity index (χ4v) is 2.01. The quantitative estimate of drug-likeness (QED) is 0.856. The Kier molecular flexibility index (Phi) is 4.79. The average Bonchev–Trinajstić information content (AvgIpc) is 2.15. The topological polar surface area (TPSA) is 26.0 Å². The predicted octanol–water partition coefficient (Wildman–Crippen LogP) is 3.48. The number of hydrogen-bond acceptors (Lipinski definition) is 2. The van der Waals surface area contributed by atoms with Gasteiger partial charge in [0.25, 0.3) is 0 Å². The summed E-state index contributed by atoms with van der Waals surface area (Å²) >= 11 is 7.68. The summed E-state index contributed by atoms with van der Waals surface area (Å²) in [5.41, 5.74) is 7.18. The molecule has 1 atom stereocenters. The molecule has 1 unspecified atom stereocenters. The number of benzene rings is 1. The maximum atomic E-state index is 6.03. The minimum absolute atomic E-state index is 0.111. The van der Waals surface area contributed by atoms with Crippen LogP contribution in [-0.2, 0) is 0 Å². The molecule has 0 amide bonds. The van der Waals surface area contributed by atoms with Crippen LogP contribution < -0.4 is 5.73 Å². The molecule has 0 heterocycles. The lowest BCUT2D eigenvalue weighted by atomic mass is 10.1. The number of halogens is 1. The Morgan fingerprint density at radius 1 is 1.29 bits per heavy atom. The maximum Gasteiger partial charge on any atom is 0.0406 e. The van der Waals surface area contributed by atoms with Crippen molar-refractivity contribution < 1.29 is 0 Å². The first-order chi connectivity index (χ1) is 6.59. The van der Waals surface area contributed by atoms with E-state index in [-0.39, 0.29) is 6.04 Å². The molecule has 0 bridgehead atoms. The van der Waals surface area contributed by atoms with Crippen molar-refractivity contribution in [3.05, 3.63) is 34.9 Å². The largest absolute Gasteiger partial charge is 0.323 e. The molecule has 0 saturated heterocycles. The van der Waals surface area contributed by atoms with E-state index >= 15 is 0 Å². The third-order valence-corrected chi connectivity index (χ3v) is 3.38. The standard InChI is InChI=1S/C11H16ClNS/c1-8(2)14-7-11(13)9-3-5-10(12)6-4-9/h3-6,8,11H,7,13H2,1-2H3. The molecule has 0 spiro atoms. The number of nitrogens with two attached hydrogens (primary N) is 1. The summed E-state index contributed by atoms with van der Waals surface area (Å²) in [6.45, 7) is 4.36. The van der Waals surface area contributed by atoms with Gasteiger partial charge in [0.05, 0.1) is 0 Å². The predicted molar refractivity (Wildman–Crippen MR) is 66.0 cm³/mol. The van der Waals surface area contributed by atoms with Gasteiger partial charge in [0, 0.05) is 16.8 Å². The van der Waals surface area contributed by atoms with E-state index in [4.69, 9.17) is 17.3 Å². The van der Waals surface area contributed by atoms with Crippen LogP contribution in [0.25, 0.3) is 0 Å². The lowest BCUT2D eigenvalue weighted by Gasteiger charge is -2.13. The van der Waals surface area contributed by atoms with Gasteiger partial charge in [-0.25, -0.2) is 0 Å². The van der Waals surface area contributed by atoms with Crippen molar-refractivity contribution in [2.45, 2.75) is 25.1 Å². The van der Waals surface area contributed by atoms with E-state index in [0.29, 0.717) is 5.25 Å². The van der Waals surface area contributed by atoms with Gasteiger partial charge in [0.1, 0.15) is 0 Å². The second-order valence-electron chi connectivity index (χ2n) is 3.54. The Hall–Kier alpha value is -0.180. The highest BCUT2D eigenvalue weighted by Crippen LogP contribution is 2.20. The lowest BCUT2D eigenvalue weighted by Crippen LogP contribution is -2.13.